The summed E-state index contributed by atoms with van der Waals surface area (Å²) in [6.07, 6.45) is 0. The van der Waals surface area contributed by atoms with E-state index < -0.39 is 72.1 Å². The van der Waals surface area contributed by atoms with Gasteiger partial charge in [-0.05, 0) is 172 Å². The minimum atomic E-state index is -0.770. The molecule has 0 aliphatic rings. The summed E-state index contributed by atoms with van der Waals surface area (Å²) in [5, 5.41) is 3.40. The van der Waals surface area contributed by atoms with E-state index in [-0.39, 0.29) is 34.1 Å². The van der Waals surface area contributed by atoms with Crippen LogP contribution in [-0.2, 0) is 0 Å². The largest absolute Gasteiger partial charge is 0.307 e. The van der Waals surface area contributed by atoms with E-state index in [1.807, 2.05) is 255 Å². The van der Waals surface area contributed by atoms with Gasteiger partial charge in [-0.2, -0.15) is 0 Å². The molecule has 0 heterocycles. The van der Waals surface area contributed by atoms with Gasteiger partial charge >= 0.3 is 0 Å². The minimum absolute atomic E-state index is 0.113. The summed E-state index contributed by atoms with van der Waals surface area (Å²) >= 11 is 0. The average molecular weight is 1190 g/mol. The van der Waals surface area contributed by atoms with E-state index in [1.165, 1.54) is 21.9 Å². The molecular weight excluding hydrogens is 1120 g/mol. The zero-order valence-electron chi connectivity index (χ0n) is 59.4. The molecule has 4 heteroatoms. The van der Waals surface area contributed by atoms with Crippen molar-refractivity contribution in [3.05, 3.63) is 363 Å². The number of rotatable bonds is 14. The highest BCUT2D eigenvalue weighted by molar-refractivity contribution is 6.28. The van der Waals surface area contributed by atoms with E-state index in [0.717, 1.165) is 44.5 Å². The third-order valence-corrected chi connectivity index (χ3v) is 17.3. The van der Waals surface area contributed by atoms with Gasteiger partial charge in [-0.1, -0.05) is 279 Å². The van der Waals surface area contributed by atoms with Crippen LogP contribution >= 0.6 is 0 Å². The molecule has 0 aliphatic heterocycles. The van der Waals surface area contributed by atoms with Crippen LogP contribution in [0.25, 0.3) is 121 Å². The zero-order chi connectivity index (χ0) is 70.2. The fourth-order valence-electron chi connectivity index (χ4n) is 13.2. The van der Waals surface area contributed by atoms with E-state index in [2.05, 4.69) is 0 Å². The Bertz CT molecular complexity index is 5570. The normalized spacial score (nSPS) is 12.9. The molecule has 16 rings (SSSR count). The monoisotopic (exact) mass is 1190 g/mol. The molecule has 0 spiro atoms. The summed E-state index contributed by atoms with van der Waals surface area (Å²) < 4.78 is 132. The van der Waals surface area contributed by atoms with E-state index in [0.29, 0.717) is 76.8 Å². The highest BCUT2D eigenvalue weighted by atomic mass is 19.1. The van der Waals surface area contributed by atoms with Gasteiger partial charge in [-0.25, -0.2) is 8.78 Å². The second kappa shape index (κ2) is 23.8. The van der Waals surface area contributed by atoms with Gasteiger partial charge in [0.05, 0.1) is 36.5 Å². The van der Waals surface area contributed by atoms with Crippen molar-refractivity contribution in [2.75, 3.05) is 9.80 Å². The number of para-hydroxylation sites is 2. The number of nitrogens with zero attached hydrogens (tertiary/aromatic N) is 2. The number of anilines is 6. The van der Waals surface area contributed by atoms with Crippen molar-refractivity contribution in [2.45, 2.75) is 0 Å². The van der Waals surface area contributed by atoms with Crippen LogP contribution in [0.4, 0.5) is 42.9 Å². The van der Waals surface area contributed by atoms with Crippen molar-refractivity contribution in [3.8, 4) is 89.0 Å². The Labute approximate surface area is 548 Å². The molecule has 16 aromatic carbocycles. The molecule has 0 saturated carbocycles. The third kappa shape index (κ3) is 10.1. The number of hydrogen-bond acceptors (Lipinski definition) is 2. The molecule has 0 unspecified atom stereocenters. The van der Waals surface area contributed by atoms with Crippen LogP contribution in [0, 0.1) is 11.6 Å². The summed E-state index contributed by atoms with van der Waals surface area (Å²) in [6.45, 7) is 0. The van der Waals surface area contributed by atoms with E-state index in [1.54, 1.807) is 24.3 Å². The van der Waals surface area contributed by atoms with Gasteiger partial charge in [-0.15, -0.1) is 0 Å². The topological polar surface area (TPSA) is 6.48 Å². The molecule has 0 radical (unpaired) electrons. The van der Waals surface area contributed by atoms with E-state index >= 15 is 8.78 Å². The van der Waals surface area contributed by atoms with Gasteiger partial charge in [0.25, 0.3) is 0 Å². The Kier molecular flexibility index (Phi) is 11.7. The van der Waals surface area contributed by atoms with Gasteiger partial charge in [0, 0.05) is 33.3 Å². The van der Waals surface area contributed by atoms with Crippen LogP contribution in [0.15, 0.2) is 352 Å². The van der Waals surface area contributed by atoms with Crippen LogP contribution in [-0.4, -0.2) is 0 Å². The number of halogens is 2. The Morgan fingerprint density at radius 2 is 0.543 bits per heavy atom. The summed E-state index contributed by atoms with van der Waals surface area (Å²) in [6, 6.07) is 85.1. The Morgan fingerprint density at radius 3 is 0.891 bits per heavy atom. The van der Waals surface area contributed by atoms with Crippen LogP contribution < -0.4 is 9.80 Å². The number of benzene rings is 16. The molecule has 92 heavy (non-hydrogen) atoms. The van der Waals surface area contributed by atoms with Crippen LogP contribution in [0.3, 0.4) is 0 Å². The van der Waals surface area contributed by atoms with E-state index in [4.69, 9.17) is 2.74 Å². The molecular formula is C88H58F2N2. The average Bonchev–Trinajstić information content (AvgIpc) is 0.712. The van der Waals surface area contributed by atoms with Crippen molar-refractivity contribution < 1.29 is 22.5 Å². The van der Waals surface area contributed by atoms with Gasteiger partial charge in [0.2, 0.25) is 0 Å². The van der Waals surface area contributed by atoms with Crippen molar-refractivity contribution in [2.24, 2.45) is 0 Å². The molecule has 0 atom stereocenters. The van der Waals surface area contributed by atoms with Crippen molar-refractivity contribution in [1.29, 1.82) is 0 Å². The van der Waals surface area contributed by atoms with Crippen LogP contribution in [0.5, 0.6) is 0 Å². The molecule has 0 N–H and O–H groups in total. The van der Waals surface area contributed by atoms with Gasteiger partial charge in [0.15, 0.2) is 0 Å². The Hall–Kier alpha value is -12.0. The predicted octanol–water partition coefficient (Wildman–Crippen LogP) is 25.1. The lowest BCUT2D eigenvalue weighted by atomic mass is 9.88. The second-order valence-electron chi connectivity index (χ2n) is 22.6. The zero-order valence-corrected chi connectivity index (χ0v) is 49.4. The maximum atomic E-state index is 18.7. The summed E-state index contributed by atoms with van der Waals surface area (Å²) in [5.41, 5.74) is 11.1. The SMILES string of the molecule is [2H]c1c([2H])c([2H])c(N(c2c(F)ccc(-c3cccc(-c4ccccc4)c3)c2-c2cccc(-c3ccccc3)c2)c2ccc3ccc4c(N(c5c([2H])c([2H])c([2H])c([2H])c5[2H])c5c(F)ccc(-c6cccc(-c7ccccc7)c6)c5-c5cccc(-c6ccccc6)c5)ccc5ccc2c3c54)c([2H])c1[2H]. The third-order valence-electron chi connectivity index (χ3n) is 17.3. The lowest BCUT2D eigenvalue weighted by molar-refractivity contribution is 0.629. The fourth-order valence-corrected chi connectivity index (χ4v) is 13.2. The first-order valence-electron chi connectivity index (χ1n) is 35.4. The summed E-state index contributed by atoms with van der Waals surface area (Å²) in [5.74, 6) is -1.54. The first-order chi connectivity index (χ1) is 49.6. The molecule has 0 fully saturated rings. The highest BCUT2D eigenvalue weighted by Crippen LogP contribution is 2.54. The molecule has 16 aromatic rings. The van der Waals surface area contributed by atoms with Crippen LogP contribution in [0.1, 0.15) is 13.7 Å². The number of hydrogen-bond donors (Lipinski definition) is 0. The van der Waals surface area contributed by atoms with Crippen molar-refractivity contribution in [3.63, 3.8) is 0 Å². The molecule has 0 amide bonds. The molecule has 0 bridgehead atoms. The van der Waals surface area contributed by atoms with Crippen molar-refractivity contribution in [1.82, 2.24) is 0 Å². The maximum Gasteiger partial charge on any atom is 0.147 e. The summed E-state index contributed by atoms with van der Waals surface area (Å²) in [4.78, 5) is 2.92. The van der Waals surface area contributed by atoms with Gasteiger partial charge in [-0.3, -0.25) is 0 Å². The fraction of sp³-hybridized carbons (Fsp3) is 0. The highest BCUT2D eigenvalue weighted by Gasteiger charge is 2.30. The van der Waals surface area contributed by atoms with E-state index in [9.17, 15) is 11.0 Å². The Morgan fingerprint density at radius 1 is 0.250 bits per heavy atom. The van der Waals surface area contributed by atoms with Crippen LogP contribution in [0.2, 0.25) is 0 Å². The Balaban J connectivity index is 1.00. The molecule has 2 nitrogen and oxygen atoms in total. The van der Waals surface area contributed by atoms with Gasteiger partial charge < -0.3 is 9.80 Å². The predicted molar refractivity (Wildman–Crippen MR) is 383 cm³/mol. The van der Waals surface area contributed by atoms with Crippen molar-refractivity contribution >= 4 is 66.4 Å². The minimum Gasteiger partial charge on any atom is -0.307 e. The first-order valence-corrected chi connectivity index (χ1v) is 30.4. The molecule has 0 aromatic heterocycles. The first kappa shape index (κ1) is 45.3. The lowest BCUT2D eigenvalue weighted by Gasteiger charge is -2.32. The van der Waals surface area contributed by atoms with Gasteiger partial charge in [0.1, 0.15) is 11.6 Å². The second-order valence-corrected chi connectivity index (χ2v) is 22.6. The molecule has 434 valence electrons. The molecule has 0 aliphatic carbocycles. The quantitative estimate of drug-likeness (QED) is 0.100. The molecule has 0 saturated heterocycles. The lowest BCUT2D eigenvalue weighted by Crippen LogP contribution is -2.15. The summed E-state index contributed by atoms with van der Waals surface area (Å²) in [7, 11) is 0. The maximum absolute atomic E-state index is 18.7. The smallest absolute Gasteiger partial charge is 0.147 e. The standard InChI is InChI=1S/C88H58F2N2/c89-79-51-49-75(69-35-19-31-65(55-69)59-23-7-1-8-24-59)85(71-37-21-33-67(57-71)61-27-11-3-12-28-61)87(79)91(73-39-15-5-16-40-73)81-53-45-63-44-48-78-82(54-46-64-43-47-77(81)83(63)84(64)78)92(74-41-17-6-18-42-74)88-80(90)52-50-76(70-36-20-32-66(56-70)60-25-9-2-10-26-60)86(88)72-38-22-34-68(58-72)62-29-13-4-14-30-62/h1-58H/i5D,6D,15D,16D,17D,18D,39D,40D,41D,42D.